The van der Waals surface area contributed by atoms with Gasteiger partial charge in [-0.1, -0.05) is 6.92 Å². The van der Waals surface area contributed by atoms with Crippen LogP contribution >= 0.6 is 0 Å². The van der Waals surface area contributed by atoms with Gasteiger partial charge in [0.15, 0.2) is 0 Å². The number of methoxy groups -OCH3 is 1. The van der Waals surface area contributed by atoms with E-state index in [1.54, 1.807) is 26.4 Å². The van der Waals surface area contributed by atoms with E-state index in [-0.39, 0.29) is 5.56 Å². The van der Waals surface area contributed by atoms with Gasteiger partial charge in [0.2, 0.25) is 0 Å². The molecule has 0 aliphatic heterocycles. The highest BCUT2D eigenvalue weighted by Gasteiger charge is 2.10. The van der Waals surface area contributed by atoms with Gasteiger partial charge in [-0.05, 0) is 19.4 Å². The van der Waals surface area contributed by atoms with Gasteiger partial charge in [0.05, 0.1) is 19.0 Å². The van der Waals surface area contributed by atoms with E-state index < -0.39 is 0 Å². The average molecular weight is 259 g/mol. The Balaban J connectivity index is 2.56. The molecule has 2 heterocycles. The topological polar surface area (TPSA) is 67.9 Å². The lowest BCUT2D eigenvalue weighted by molar-refractivity contribution is 0.413. The minimum atomic E-state index is -0.101. The zero-order chi connectivity index (χ0) is 13.8. The minimum absolute atomic E-state index is 0.101. The van der Waals surface area contributed by atoms with Crippen molar-refractivity contribution in [3.05, 3.63) is 40.2 Å². The maximum atomic E-state index is 11.9. The summed E-state index contributed by atoms with van der Waals surface area (Å²) in [5.41, 5.74) is 1.95. The molecule has 0 spiro atoms. The lowest BCUT2D eigenvalue weighted by Gasteiger charge is -2.08. The van der Waals surface area contributed by atoms with Crippen molar-refractivity contribution >= 4 is 0 Å². The van der Waals surface area contributed by atoms with Crippen molar-refractivity contribution in [2.75, 3.05) is 7.11 Å². The van der Waals surface area contributed by atoms with Crippen LogP contribution in [-0.2, 0) is 6.42 Å². The Bertz CT molecular complexity index is 635. The molecular weight excluding hydrogens is 242 g/mol. The van der Waals surface area contributed by atoms with E-state index in [1.807, 2.05) is 13.0 Å². The molecule has 0 atom stereocenters. The van der Waals surface area contributed by atoms with E-state index in [0.717, 1.165) is 18.4 Å². The van der Waals surface area contributed by atoms with Gasteiger partial charge >= 0.3 is 0 Å². The van der Waals surface area contributed by atoms with E-state index in [2.05, 4.69) is 15.0 Å². The summed E-state index contributed by atoms with van der Waals surface area (Å²) in [4.78, 5) is 23.3. The predicted molar refractivity (Wildman–Crippen MR) is 73.4 cm³/mol. The number of pyridine rings is 1. The second-order valence-corrected chi connectivity index (χ2v) is 4.35. The molecule has 0 unspecified atom stereocenters. The Hall–Kier alpha value is -2.17. The van der Waals surface area contributed by atoms with Crippen LogP contribution in [0.25, 0.3) is 11.3 Å². The number of hydrogen-bond acceptors (Lipinski definition) is 4. The van der Waals surface area contributed by atoms with Crippen LogP contribution in [0.5, 0.6) is 5.75 Å². The van der Waals surface area contributed by atoms with Crippen LogP contribution in [0.1, 0.15) is 24.7 Å². The summed E-state index contributed by atoms with van der Waals surface area (Å²) in [5, 5.41) is 0. The van der Waals surface area contributed by atoms with Crippen LogP contribution in [0.2, 0.25) is 0 Å². The van der Waals surface area contributed by atoms with Crippen LogP contribution in [0.3, 0.4) is 0 Å². The van der Waals surface area contributed by atoms with Crippen LogP contribution in [-0.4, -0.2) is 22.1 Å². The van der Waals surface area contributed by atoms with Crippen molar-refractivity contribution in [1.29, 1.82) is 0 Å². The zero-order valence-corrected chi connectivity index (χ0v) is 11.4. The Morgan fingerprint density at radius 3 is 2.84 bits per heavy atom. The minimum Gasteiger partial charge on any atom is -0.495 e. The summed E-state index contributed by atoms with van der Waals surface area (Å²) in [5.74, 6) is 1.35. The maximum Gasteiger partial charge on any atom is 0.254 e. The molecule has 2 aromatic rings. The number of hydrogen-bond donors (Lipinski definition) is 1. The summed E-state index contributed by atoms with van der Waals surface area (Å²) in [6.07, 6.45) is 4.99. The number of aromatic amines is 1. The van der Waals surface area contributed by atoms with Gasteiger partial charge in [-0.25, -0.2) is 4.98 Å². The number of aromatic nitrogens is 3. The fourth-order valence-electron chi connectivity index (χ4n) is 1.88. The maximum absolute atomic E-state index is 11.9. The van der Waals surface area contributed by atoms with Gasteiger partial charge in [0, 0.05) is 23.7 Å². The summed E-state index contributed by atoms with van der Waals surface area (Å²) in [6.45, 7) is 3.81. The van der Waals surface area contributed by atoms with Crippen molar-refractivity contribution in [2.24, 2.45) is 0 Å². The molecule has 0 aliphatic carbocycles. The lowest BCUT2D eigenvalue weighted by Crippen LogP contribution is -2.16. The summed E-state index contributed by atoms with van der Waals surface area (Å²) in [6, 6.07) is 1.83. The van der Waals surface area contributed by atoms with E-state index in [1.165, 1.54) is 0 Å². The fourth-order valence-corrected chi connectivity index (χ4v) is 1.88. The van der Waals surface area contributed by atoms with Crippen molar-refractivity contribution in [2.45, 2.75) is 26.7 Å². The first kappa shape index (κ1) is 13.3. The average Bonchev–Trinajstić information content (AvgIpc) is 2.43. The monoisotopic (exact) mass is 259 g/mol. The van der Waals surface area contributed by atoms with Crippen LogP contribution in [0.15, 0.2) is 23.3 Å². The Morgan fingerprint density at radius 2 is 2.16 bits per heavy atom. The van der Waals surface area contributed by atoms with Crippen molar-refractivity contribution in [3.63, 3.8) is 0 Å². The smallest absolute Gasteiger partial charge is 0.254 e. The largest absolute Gasteiger partial charge is 0.495 e. The summed E-state index contributed by atoms with van der Waals surface area (Å²) < 4.78 is 5.15. The van der Waals surface area contributed by atoms with Crippen molar-refractivity contribution in [3.8, 4) is 17.0 Å². The Labute approximate surface area is 111 Å². The third-order valence-electron chi connectivity index (χ3n) is 2.91. The number of aryl methyl sites for hydroxylation is 1. The summed E-state index contributed by atoms with van der Waals surface area (Å²) in [7, 11) is 1.58. The highest BCUT2D eigenvalue weighted by Crippen LogP contribution is 2.22. The molecule has 0 aromatic carbocycles. The molecule has 2 rings (SSSR count). The second kappa shape index (κ2) is 5.65. The highest BCUT2D eigenvalue weighted by atomic mass is 16.5. The predicted octanol–water partition coefficient (Wildman–Crippen LogP) is 2.10. The molecule has 0 saturated carbocycles. The SMILES string of the molecule is CCCc1nc(-c2cncc(OC)c2)c(C)c(=O)[nH]1. The quantitative estimate of drug-likeness (QED) is 0.913. The number of nitrogens with one attached hydrogen (secondary N) is 1. The summed E-state index contributed by atoms with van der Waals surface area (Å²) >= 11 is 0. The van der Waals surface area contributed by atoms with E-state index in [9.17, 15) is 4.79 Å². The van der Waals surface area contributed by atoms with Gasteiger partial charge < -0.3 is 9.72 Å². The first-order valence-corrected chi connectivity index (χ1v) is 6.25. The van der Waals surface area contributed by atoms with E-state index in [4.69, 9.17) is 4.74 Å². The molecule has 0 bridgehead atoms. The van der Waals surface area contributed by atoms with Gasteiger partial charge in [-0.2, -0.15) is 0 Å². The second-order valence-electron chi connectivity index (χ2n) is 4.35. The van der Waals surface area contributed by atoms with Crippen LogP contribution < -0.4 is 10.3 Å². The zero-order valence-electron chi connectivity index (χ0n) is 11.4. The lowest BCUT2D eigenvalue weighted by atomic mass is 10.1. The third kappa shape index (κ3) is 2.81. The molecule has 0 saturated heterocycles. The van der Waals surface area contributed by atoms with Crippen LogP contribution in [0, 0.1) is 6.92 Å². The molecule has 19 heavy (non-hydrogen) atoms. The highest BCUT2D eigenvalue weighted by molar-refractivity contribution is 5.62. The van der Waals surface area contributed by atoms with Crippen molar-refractivity contribution in [1.82, 2.24) is 15.0 Å². The number of nitrogens with zero attached hydrogens (tertiary/aromatic N) is 2. The third-order valence-corrected chi connectivity index (χ3v) is 2.91. The molecule has 0 radical (unpaired) electrons. The first-order chi connectivity index (χ1) is 9.15. The van der Waals surface area contributed by atoms with Gasteiger partial charge in [0.1, 0.15) is 11.6 Å². The van der Waals surface area contributed by atoms with Gasteiger partial charge in [0.25, 0.3) is 5.56 Å². The molecule has 100 valence electrons. The first-order valence-electron chi connectivity index (χ1n) is 6.25. The number of H-pyrrole nitrogens is 1. The standard InChI is InChI=1S/C14H17N3O2/c1-4-5-12-16-13(9(2)14(18)17-12)10-6-11(19-3)8-15-7-10/h6-8H,4-5H2,1-3H3,(H,16,17,18). The Kier molecular flexibility index (Phi) is 3.94. The normalized spacial score (nSPS) is 10.5. The molecule has 1 N–H and O–H groups in total. The molecule has 0 aliphatic rings. The molecule has 0 amide bonds. The van der Waals surface area contributed by atoms with Gasteiger partial charge in [-0.15, -0.1) is 0 Å². The molecular formula is C14H17N3O2. The molecule has 0 fully saturated rings. The molecule has 2 aromatic heterocycles. The van der Waals surface area contributed by atoms with Crippen LogP contribution in [0.4, 0.5) is 0 Å². The van der Waals surface area contributed by atoms with Crippen molar-refractivity contribution < 1.29 is 4.74 Å². The fraction of sp³-hybridized carbons (Fsp3) is 0.357. The Morgan fingerprint density at radius 1 is 1.37 bits per heavy atom. The number of rotatable bonds is 4. The molecule has 5 heteroatoms. The van der Waals surface area contributed by atoms with Gasteiger partial charge in [-0.3, -0.25) is 9.78 Å². The van der Waals surface area contributed by atoms with E-state index >= 15 is 0 Å². The molecule has 5 nitrogen and oxygen atoms in total. The van der Waals surface area contributed by atoms with E-state index in [0.29, 0.717) is 22.8 Å². The number of ether oxygens (including phenoxy) is 1.